The maximum Gasteiger partial charge on any atom is 0.218 e. The van der Waals surface area contributed by atoms with Crippen LogP contribution in [0.1, 0.15) is 18.4 Å². The van der Waals surface area contributed by atoms with Gasteiger partial charge in [0.05, 0.1) is 13.2 Å². The average molecular weight is 301 g/mol. The summed E-state index contributed by atoms with van der Waals surface area (Å²) in [5.74, 6) is -0.226. The summed E-state index contributed by atoms with van der Waals surface area (Å²) in [7, 11) is 0. The molecule has 1 aromatic heterocycles. The Hall–Kier alpha value is -1.85. The van der Waals surface area contributed by atoms with Gasteiger partial charge in [-0.05, 0) is 24.5 Å². The van der Waals surface area contributed by atoms with E-state index >= 15 is 0 Å². The molecule has 5 nitrogen and oxygen atoms in total. The largest absolute Gasteiger partial charge is 0.379 e. The molecule has 0 spiro atoms. The lowest BCUT2D eigenvalue weighted by atomic mass is 10.0. The number of carbonyl (C=O) groups excluding carboxylic acids is 1. The number of para-hydroxylation sites is 1. The van der Waals surface area contributed by atoms with E-state index in [0.29, 0.717) is 6.42 Å². The molecule has 0 bridgehead atoms. The molecule has 0 saturated carbocycles. The van der Waals surface area contributed by atoms with E-state index in [4.69, 9.17) is 10.5 Å². The molecule has 1 aliphatic heterocycles. The number of H-pyrrole nitrogens is 1. The monoisotopic (exact) mass is 301 g/mol. The lowest BCUT2D eigenvalue weighted by molar-refractivity contribution is -0.119. The number of hydrogen-bond donors (Lipinski definition) is 2. The summed E-state index contributed by atoms with van der Waals surface area (Å²) in [4.78, 5) is 17.0. The van der Waals surface area contributed by atoms with Crippen molar-refractivity contribution >= 4 is 16.8 Å². The number of benzene rings is 1. The van der Waals surface area contributed by atoms with Crippen molar-refractivity contribution in [3.8, 4) is 0 Å². The summed E-state index contributed by atoms with van der Waals surface area (Å²) in [6.45, 7) is 3.24. The average Bonchev–Trinajstić information content (AvgIpc) is 2.95. The van der Waals surface area contributed by atoms with Crippen molar-refractivity contribution in [3.05, 3.63) is 36.0 Å². The van der Waals surface area contributed by atoms with Crippen LogP contribution in [0.2, 0.25) is 0 Å². The van der Waals surface area contributed by atoms with Crippen LogP contribution in [0.15, 0.2) is 30.5 Å². The van der Waals surface area contributed by atoms with Crippen LogP contribution in [-0.4, -0.2) is 48.1 Å². The number of nitrogens with one attached hydrogen (secondary N) is 1. The van der Waals surface area contributed by atoms with E-state index in [-0.39, 0.29) is 11.9 Å². The Morgan fingerprint density at radius 2 is 2.09 bits per heavy atom. The van der Waals surface area contributed by atoms with Gasteiger partial charge in [-0.3, -0.25) is 9.69 Å². The fourth-order valence-corrected chi connectivity index (χ4v) is 3.25. The van der Waals surface area contributed by atoms with Crippen molar-refractivity contribution in [2.24, 2.45) is 5.73 Å². The second-order valence-electron chi connectivity index (χ2n) is 5.87. The lowest BCUT2D eigenvalue weighted by Crippen LogP contribution is -2.45. The second-order valence-corrected chi connectivity index (χ2v) is 5.87. The number of aryl methyl sites for hydroxylation is 1. The van der Waals surface area contributed by atoms with Gasteiger partial charge in [0, 0.05) is 42.7 Å². The molecular formula is C17H23N3O2. The predicted molar refractivity (Wildman–Crippen MR) is 86.6 cm³/mol. The molecule has 2 heterocycles. The molecule has 0 radical (unpaired) electrons. The number of rotatable bonds is 6. The summed E-state index contributed by atoms with van der Waals surface area (Å²) < 4.78 is 5.40. The van der Waals surface area contributed by atoms with Gasteiger partial charge in [-0.2, -0.15) is 0 Å². The Kier molecular flexibility index (Phi) is 4.75. The highest BCUT2D eigenvalue weighted by atomic mass is 16.5. The van der Waals surface area contributed by atoms with E-state index in [1.807, 2.05) is 6.07 Å². The number of amides is 1. The topological polar surface area (TPSA) is 71.4 Å². The zero-order chi connectivity index (χ0) is 15.4. The first-order chi connectivity index (χ1) is 10.7. The Morgan fingerprint density at radius 1 is 1.32 bits per heavy atom. The van der Waals surface area contributed by atoms with Crippen LogP contribution in [0, 0.1) is 0 Å². The minimum Gasteiger partial charge on any atom is -0.379 e. The molecule has 1 aliphatic rings. The summed E-state index contributed by atoms with van der Waals surface area (Å²) >= 11 is 0. The van der Waals surface area contributed by atoms with Crippen molar-refractivity contribution in [2.75, 3.05) is 26.3 Å². The van der Waals surface area contributed by atoms with Crippen LogP contribution < -0.4 is 5.73 Å². The number of fused-ring (bicyclic) bond motifs is 1. The fraction of sp³-hybridized carbons (Fsp3) is 0.471. The third-order valence-corrected chi connectivity index (χ3v) is 4.42. The van der Waals surface area contributed by atoms with Crippen molar-refractivity contribution < 1.29 is 9.53 Å². The zero-order valence-electron chi connectivity index (χ0n) is 12.8. The van der Waals surface area contributed by atoms with Crippen LogP contribution in [0.4, 0.5) is 0 Å². The van der Waals surface area contributed by atoms with Gasteiger partial charge < -0.3 is 15.5 Å². The van der Waals surface area contributed by atoms with Gasteiger partial charge >= 0.3 is 0 Å². The lowest BCUT2D eigenvalue weighted by Gasteiger charge is -2.34. The summed E-state index contributed by atoms with van der Waals surface area (Å²) in [6.07, 6.45) is 4.37. The molecule has 1 atom stereocenters. The number of nitrogens with two attached hydrogens (primary N) is 1. The fourth-order valence-electron chi connectivity index (χ4n) is 3.25. The maximum absolute atomic E-state index is 11.4. The number of morpholine rings is 1. The molecule has 0 aliphatic carbocycles. The number of hydrogen-bond acceptors (Lipinski definition) is 3. The van der Waals surface area contributed by atoms with E-state index in [2.05, 4.69) is 34.3 Å². The van der Waals surface area contributed by atoms with Gasteiger partial charge in [-0.25, -0.2) is 0 Å². The highest BCUT2D eigenvalue weighted by Gasteiger charge is 2.22. The zero-order valence-corrected chi connectivity index (χ0v) is 12.8. The van der Waals surface area contributed by atoms with E-state index in [1.165, 1.54) is 10.9 Å². The van der Waals surface area contributed by atoms with Crippen LogP contribution in [-0.2, 0) is 16.0 Å². The number of nitrogens with zero attached hydrogens (tertiary/aromatic N) is 1. The normalized spacial score (nSPS) is 17.6. The van der Waals surface area contributed by atoms with Gasteiger partial charge in [0.2, 0.25) is 5.91 Å². The Balaban J connectivity index is 1.68. The molecule has 1 fully saturated rings. The van der Waals surface area contributed by atoms with Gasteiger partial charge in [0.15, 0.2) is 0 Å². The summed E-state index contributed by atoms with van der Waals surface area (Å²) in [5, 5.41) is 1.27. The van der Waals surface area contributed by atoms with Crippen molar-refractivity contribution in [1.29, 1.82) is 0 Å². The van der Waals surface area contributed by atoms with Gasteiger partial charge in [-0.15, -0.1) is 0 Å². The van der Waals surface area contributed by atoms with E-state index in [9.17, 15) is 4.79 Å². The summed E-state index contributed by atoms with van der Waals surface area (Å²) in [6, 6.07) is 8.52. The third-order valence-electron chi connectivity index (χ3n) is 4.42. The molecule has 1 aromatic carbocycles. The van der Waals surface area contributed by atoms with Gasteiger partial charge in [0.1, 0.15) is 0 Å². The van der Waals surface area contributed by atoms with Crippen LogP contribution >= 0.6 is 0 Å². The quantitative estimate of drug-likeness (QED) is 0.852. The standard InChI is InChI=1S/C17H23N3O2/c18-17(21)11-14(20-7-9-22-10-8-20)6-5-13-12-19-16-4-2-1-3-15(13)16/h1-4,12,14,19H,5-11H2,(H2,18,21). The summed E-state index contributed by atoms with van der Waals surface area (Å²) in [5.41, 5.74) is 7.90. The first kappa shape index (κ1) is 15.1. The van der Waals surface area contributed by atoms with Crippen molar-refractivity contribution in [1.82, 2.24) is 9.88 Å². The molecule has 1 unspecified atom stereocenters. The molecule has 1 amide bonds. The number of carbonyl (C=O) groups is 1. The number of primary amides is 1. The number of aromatic amines is 1. The molecule has 5 heteroatoms. The molecule has 3 rings (SSSR count). The third kappa shape index (κ3) is 3.48. The molecule has 3 N–H and O–H groups in total. The van der Waals surface area contributed by atoms with Crippen LogP contribution in [0.5, 0.6) is 0 Å². The minimum absolute atomic E-state index is 0.204. The Morgan fingerprint density at radius 3 is 2.86 bits per heavy atom. The predicted octanol–water partition coefficient (Wildman–Crippen LogP) is 1.68. The SMILES string of the molecule is NC(=O)CC(CCc1c[nH]c2ccccc12)N1CCOCC1. The Labute approximate surface area is 130 Å². The van der Waals surface area contributed by atoms with Gasteiger partial charge in [-0.1, -0.05) is 18.2 Å². The van der Waals surface area contributed by atoms with Crippen LogP contribution in [0.25, 0.3) is 10.9 Å². The molecule has 2 aromatic rings. The maximum atomic E-state index is 11.4. The first-order valence-electron chi connectivity index (χ1n) is 7.89. The van der Waals surface area contributed by atoms with Crippen molar-refractivity contribution in [2.45, 2.75) is 25.3 Å². The Bertz CT molecular complexity index is 632. The second kappa shape index (κ2) is 6.94. The van der Waals surface area contributed by atoms with E-state index < -0.39 is 0 Å². The minimum atomic E-state index is -0.226. The highest BCUT2D eigenvalue weighted by Crippen LogP contribution is 2.21. The van der Waals surface area contributed by atoms with Crippen molar-refractivity contribution in [3.63, 3.8) is 0 Å². The molecule has 1 saturated heterocycles. The van der Waals surface area contributed by atoms with Gasteiger partial charge in [0.25, 0.3) is 0 Å². The highest BCUT2D eigenvalue weighted by molar-refractivity contribution is 5.83. The molecule has 118 valence electrons. The number of ether oxygens (including phenoxy) is 1. The van der Waals surface area contributed by atoms with E-state index in [1.54, 1.807) is 0 Å². The van der Waals surface area contributed by atoms with Crippen LogP contribution in [0.3, 0.4) is 0 Å². The smallest absolute Gasteiger partial charge is 0.218 e. The molecule has 22 heavy (non-hydrogen) atoms. The van der Waals surface area contributed by atoms with E-state index in [0.717, 1.165) is 44.7 Å². The number of aromatic nitrogens is 1. The molecular weight excluding hydrogens is 278 g/mol. The first-order valence-corrected chi connectivity index (χ1v) is 7.89.